The molecule has 0 spiro atoms. The fourth-order valence-electron chi connectivity index (χ4n) is 5.86. The summed E-state index contributed by atoms with van der Waals surface area (Å²) in [7, 11) is 0. The molecule has 0 radical (unpaired) electrons. The Morgan fingerprint density at radius 2 is 1.58 bits per heavy atom. The van der Waals surface area contributed by atoms with Crippen LogP contribution in [0.3, 0.4) is 0 Å². The fourth-order valence-corrected chi connectivity index (χ4v) is 6.12. The van der Waals surface area contributed by atoms with Crippen LogP contribution in [0.25, 0.3) is 0 Å². The van der Waals surface area contributed by atoms with Crippen molar-refractivity contribution in [2.45, 2.75) is 103 Å². The van der Waals surface area contributed by atoms with E-state index < -0.39 is 0 Å². The molecule has 2 saturated carbocycles. The summed E-state index contributed by atoms with van der Waals surface area (Å²) in [6, 6.07) is 12.9. The average Bonchev–Trinajstić information content (AvgIpc) is 3.34. The zero-order chi connectivity index (χ0) is 25.5. The monoisotopic (exact) mass is 555 g/mol. The van der Waals surface area contributed by atoms with Crippen molar-refractivity contribution in [3.8, 4) is 0 Å². The number of benzene rings is 1. The molecule has 0 saturated heterocycles. The summed E-state index contributed by atoms with van der Waals surface area (Å²) >= 11 is 3.52. The van der Waals surface area contributed by atoms with E-state index in [9.17, 15) is 9.59 Å². The van der Waals surface area contributed by atoms with E-state index in [1.165, 1.54) is 31.2 Å². The molecule has 5 nitrogen and oxygen atoms in total. The van der Waals surface area contributed by atoms with Gasteiger partial charge in [0.15, 0.2) is 0 Å². The van der Waals surface area contributed by atoms with Crippen LogP contribution in [0.2, 0.25) is 0 Å². The van der Waals surface area contributed by atoms with Crippen LogP contribution in [0, 0.1) is 5.92 Å². The molecule has 0 unspecified atom stereocenters. The minimum atomic E-state index is 0.0258. The van der Waals surface area contributed by atoms with Gasteiger partial charge in [-0.15, -0.1) is 0 Å². The second-order valence-electron chi connectivity index (χ2n) is 11.0. The maximum Gasteiger partial charge on any atom is 0.242 e. The Morgan fingerprint density at radius 1 is 0.944 bits per heavy atom. The lowest BCUT2D eigenvalue weighted by Crippen LogP contribution is -2.50. The van der Waals surface area contributed by atoms with E-state index in [0.717, 1.165) is 55.2 Å². The van der Waals surface area contributed by atoms with Gasteiger partial charge in [0.25, 0.3) is 0 Å². The van der Waals surface area contributed by atoms with Crippen LogP contribution in [-0.4, -0.2) is 44.8 Å². The van der Waals surface area contributed by atoms with Crippen molar-refractivity contribution >= 4 is 27.7 Å². The van der Waals surface area contributed by atoms with Gasteiger partial charge < -0.3 is 14.4 Å². The Kier molecular flexibility index (Phi) is 9.69. The standard InChI is InChI=1S/C30H42BrN3O2/c1-23(2)33(30(36)25-10-5-3-6-11-25)22-29(35)34(27-12-7-4-8-13-27)21-28-14-9-19-32(28)20-24-15-17-26(31)18-16-24/h9,14-19,23,25,27H,3-8,10-13,20-22H2,1-2H3. The number of amides is 2. The number of hydrogen-bond donors (Lipinski definition) is 0. The van der Waals surface area contributed by atoms with E-state index in [1.54, 1.807) is 0 Å². The Bertz CT molecular complexity index is 988. The van der Waals surface area contributed by atoms with Crippen LogP contribution < -0.4 is 0 Å². The topological polar surface area (TPSA) is 45.6 Å². The summed E-state index contributed by atoms with van der Waals surface area (Å²) in [4.78, 5) is 31.3. The van der Waals surface area contributed by atoms with E-state index >= 15 is 0 Å². The van der Waals surface area contributed by atoms with Crippen molar-refractivity contribution in [3.05, 3.63) is 58.3 Å². The van der Waals surface area contributed by atoms with Crippen molar-refractivity contribution in [1.82, 2.24) is 14.4 Å². The van der Waals surface area contributed by atoms with Gasteiger partial charge in [-0.3, -0.25) is 9.59 Å². The molecule has 2 fully saturated rings. The molecule has 2 aromatic rings. The number of carbonyl (C=O) groups is 2. The van der Waals surface area contributed by atoms with Gasteiger partial charge in [0.1, 0.15) is 6.54 Å². The molecule has 2 aliphatic rings. The fraction of sp³-hybridized carbons (Fsp3) is 0.600. The smallest absolute Gasteiger partial charge is 0.242 e. The molecule has 36 heavy (non-hydrogen) atoms. The lowest BCUT2D eigenvalue weighted by Gasteiger charge is -2.38. The van der Waals surface area contributed by atoms with Crippen molar-refractivity contribution in [2.75, 3.05) is 6.54 Å². The molecule has 0 atom stereocenters. The van der Waals surface area contributed by atoms with Gasteiger partial charge >= 0.3 is 0 Å². The first-order chi connectivity index (χ1) is 17.4. The third-order valence-corrected chi connectivity index (χ3v) is 8.55. The Balaban J connectivity index is 1.51. The van der Waals surface area contributed by atoms with Gasteiger partial charge in [0.05, 0.1) is 6.54 Å². The maximum atomic E-state index is 13.9. The van der Waals surface area contributed by atoms with Crippen LogP contribution in [0.5, 0.6) is 0 Å². The highest BCUT2D eigenvalue weighted by atomic mass is 79.9. The minimum Gasteiger partial charge on any atom is -0.345 e. The first-order valence-electron chi connectivity index (χ1n) is 13.9. The van der Waals surface area contributed by atoms with Gasteiger partial charge in [0, 0.05) is 40.9 Å². The third-order valence-electron chi connectivity index (χ3n) is 8.02. The van der Waals surface area contributed by atoms with E-state index in [0.29, 0.717) is 6.54 Å². The summed E-state index contributed by atoms with van der Waals surface area (Å²) in [6.07, 6.45) is 13.2. The maximum absolute atomic E-state index is 13.9. The molecule has 1 aromatic carbocycles. The number of nitrogens with zero attached hydrogens (tertiary/aromatic N) is 3. The first kappa shape index (κ1) is 27.0. The molecule has 1 heterocycles. The quantitative estimate of drug-likeness (QED) is 0.342. The second-order valence-corrected chi connectivity index (χ2v) is 11.9. The number of hydrogen-bond acceptors (Lipinski definition) is 2. The van der Waals surface area contributed by atoms with Gasteiger partial charge in [-0.2, -0.15) is 0 Å². The van der Waals surface area contributed by atoms with Gasteiger partial charge in [-0.25, -0.2) is 0 Å². The zero-order valence-electron chi connectivity index (χ0n) is 22.0. The van der Waals surface area contributed by atoms with E-state index in [2.05, 4.69) is 68.0 Å². The molecule has 0 N–H and O–H groups in total. The molecule has 196 valence electrons. The third kappa shape index (κ3) is 7.02. The van der Waals surface area contributed by atoms with E-state index in [4.69, 9.17) is 0 Å². The van der Waals surface area contributed by atoms with Crippen LogP contribution in [0.4, 0.5) is 0 Å². The normalized spacial score (nSPS) is 17.3. The van der Waals surface area contributed by atoms with E-state index in [-0.39, 0.29) is 36.4 Å². The minimum absolute atomic E-state index is 0.0258. The molecule has 4 rings (SSSR count). The van der Waals surface area contributed by atoms with Gasteiger partial charge in [0.2, 0.25) is 11.8 Å². The van der Waals surface area contributed by atoms with Gasteiger partial charge in [-0.05, 0) is 69.4 Å². The van der Waals surface area contributed by atoms with Crippen LogP contribution in [0.1, 0.15) is 89.3 Å². The second kappa shape index (κ2) is 12.9. The van der Waals surface area contributed by atoms with Crippen LogP contribution in [0.15, 0.2) is 47.1 Å². The van der Waals surface area contributed by atoms with Crippen molar-refractivity contribution in [1.29, 1.82) is 0 Å². The Hall–Kier alpha value is -2.08. The predicted octanol–water partition coefficient (Wildman–Crippen LogP) is 6.78. The predicted molar refractivity (Wildman–Crippen MR) is 149 cm³/mol. The molecule has 6 heteroatoms. The Morgan fingerprint density at radius 3 is 2.22 bits per heavy atom. The highest BCUT2D eigenvalue weighted by molar-refractivity contribution is 9.10. The highest BCUT2D eigenvalue weighted by Crippen LogP contribution is 2.28. The number of halogens is 1. The summed E-state index contributed by atoms with van der Waals surface area (Å²) in [5.41, 5.74) is 2.38. The summed E-state index contributed by atoms with van der Waals surface area (Å²) in [6.45, 7) is 5.65. The lowest BCUT2D eigenvalue weighted by atomic mass is 9.88. The SMILES string of the molecule is CC(C)N(CC(=O)N(Cc1cccn1Cc1ccc(Br)cc1)C1CCCCC1)C(=O)C1CCCCC1. The molecule has 0 aliphatic heterocycles. The van der Waals surface area contributed by atoms with Gasteiger partial charge in [-0.1, -0.05) is 66.6 Å². The lowest BCUT2D eigenvalue weighted by molar-refractivity contribution is -0.147. The van der Waals surface area contributed by atoms with Crippen molar-refractivity contribution in [2.24, 2.45) is 5.92 Å². The molecular formula is C30H42BrN3O2. The Labute approximate surface area is 225 Å². The molecule has 0 bridgehead atoms. The average molecular weight is 557 g/mol. The summed E-state index contributed by atoms with van der Waals surface area (Å²) < 4.78 is 3.32. The van der Waals surface area contributed by atoms with Crippen molar-refractivity contribution < 1.29 is 9.59 Å². The van der Waals surface area contributed by atoms with Crippen LogP contribution >= 0.6 is 15.9 Å². The summed E-state index contributed by atoms with van der Waals surface area (Å²) in [5, 5.41) is 0. The number of rotatable bonds is 9. The van der Waals surface area contributed by atoms with E-state index in [1.807, 2.05) is 18.7 Å². The molecule has 2 amide bonds. The largest absolute Gasteiger partial charge is 0.345 e. The number of aromatic nitrogens is 1. The summed E-state index contributed by atoms with van der Waals surface area (Å²) in [5.74, 6) is 0.358. The molecule has 1 aromatic heterocycles. The molecule has 2 aliphatic carbocycles. The first-order valence-corrected chi connectivity index (χ1v) is 14.7. The number of carbonyl (C=O) groups excluding carboxylic acids is 2. The van der Waals surface area contributed by atoms with Crippen molar-refractivity contribution in [3.63, 3.8) is 0 Å². The molecular weight excluding hydrogens is 514 g/mol. The highest BCUT2D eigenvalue weighted by Gasteiger charge is 2.32. The van der Waals surface area contributed by atoms with Crippen LogP contribution in [-0.2, 0) is 22.7 Å². The zero-order valence-corrected chi connectivity index (χ0v) is 23.6.